The summed E-state index contributed by atoms with van der Waals surface area (Å²) in [5, 5.41) is 3.24. The van der Waals surface area contributed by atoms with E-state index in [0.29, 0.717) is 4.90 Å². The Bertz CT molecular complexity index is 638. The molecule has 1 atom stereocenters. The van der Waals surface area contributed by atoms with Crippen LogP contribution in [0, 0.1) is 5.41 Å². The Kier molecular flexibility index (Phi) is 3.74. The maximum atomic E-state index is 12.6. The Balaban J connectivity index is 1.78. The van der Waals surface area contributed by atoms with Gasteiger partial charge in [0.15, 0.2) is 0 Å². The number of anilines is 1. The molecular weight excluding hydrogens is 284 g/mol. The Morgan fingerprint density at radius 1 is 1.33 bits per heavy atom. The maximum absolute atomic E-state index is 12.6. The number of hydrogen-bond donors (Lipinski definition) is 2. The van der Waals surface area contributed by atoms with E-state index in [0.717, 1.165) is 37.9 Å². The van der Waals surface area contributed by atoms with Crippen molar-refractivity contribution in [3.05, 3.63) is 23.8 Å². The average Bonchev–Trinajstić information content (AvgIpc) is 2.83. The van der Waals surface area contributed by atoms with Crippen molar-refractivity contribution in [1.82, 2.24) is 4.72 Å². The zero-order valence-corrected chi connectivity index (χ0v) is 13.6. The van der Waals surface area contributed by atoms with Crippen molar-refractivity contribution in [3.63, 3.8) is 0 Å². The predicted molar refractivity (Wildman–Crippen MR) is 85.0 cm³/mol. The molecule has 21 heavy (non-hydrogen) atoms. The molecule has 1 unspecified atom stereocenters. The van der Waals surface area contributed by atoms with E-state index in [-0.39, 0.29) is 11.5 Å². The van der Waals surface area contributed by atoms with Gasteiger partial charge >= 0.3 is 0 Å². The summed E-state index contributed by atoms with van der Waals surface area (Å²) in [6, 6.07) is 5.47. The van der Waals surface area contributed by atoms with Crippen molar-refractivity contribution >= 4 is 15.7 Å². The van der Waals surface area contributed by atoms with Gasteiger partial charge in [-0.3, -0.25) is 0 Å². The van der Waals surface area contributed by atoms with Crippen LogP contribution in [0.1, 0.15) is 45.1 Å². The molecule has 3 rings (SSSR count). The molecule has 0 aromatic heterocycles. The Morgan fingerprint density at radius 3 is 2.90 bits per heavy atom. The van der Waals surface area contributed by atoms with Gasteiger partial charge < -0.3 is 5.32 Å². The first kappa shape index (κ1) is 14.9. The normalized spacial score (nSPS) is 24.4. The van der Waals surface area contributed by atoms with E-state index in [1.807, 2.05) is 6.07 Å². The standard InChI is InChI=1S/C16H24N2O2S/c1-16(2)8-3-4-13(11-16)18-21(19,20)14-6-5-12-7-9-17-15(12)10-14/h5-6,10,13,17-18H,3-4,7-9,11H2,1-2H3. The molecule has 0 spiro atoms. The number of sulfonamides is 1. The van der Waals surface area contributed by atoms with Crippen LogP contribution in [-0.4, -0.2) is 21.0 Å². The molecule has 0 radical (unpaired) electrons. The largest absolute Gasteiger partial charge is 0.384 e. The fourth-order valence-corrected chi connectivity index (χ4v) is 4.82. The van der Waals surface area contributed by atoms with Gasteiger partial charge in [0.25, 0.3) is 0 Å². The third-order valence-electron chi connectivity index (χ3n) is 4.63. The number of benzene rings is 1. The van der Waals surface area contributed by atoms with E-state index in [4.69, 9.17) is 0 Å². The van der Waals surface area contributed by atoms with Crippen LogP contribution < -0.4 is 10.0 Å². The first-order chi connectivity index (χ1) is 9.86. The first-order valence-corrected chi connectivity index (χ1v) is 9.23. The highest BCUT2D eigenvalue weighted by molar-refractivity contribution is 7.89. The average molecular weight is 308 g/mol. The van der Waals surface area contributed by atoms with Crippen molar-refractivity contribution in [2.45, 2.75) is 56.9 Å². The van der Waals surface area contributed by atoms with Crippen LogP contribution in [0.25, 0.3) is 0 Å². The van der Waals surface area contributed by atoms with Gasteiger partial charge in [0.05, 0.1) is 4.90 Å². The maximum Gasteiger partial charge on any atom is 0.240 e. The minimum absolute atomic E-state index is 0.0555. The van der Waals surface area contributed by atoms with Crippen LogP contribution >= 0.6 is 0 Å². The van der Waals surface area contributed by atoms with Crippen LogP contribution in [0.5, 0.6) is 0 Å². The summed E-state index contributed by atoms with van der Waals surface area (Å²) in [7, 11) is -3.42. The molecule has 116 valence electrons. The smallest absolute Gasteiger partial charge is 0.240 e. The molecule has 1 aromatic rings. The van der Waals surface area contributed by atoms with E-state index in [1.165, 1.54) is 12.0 Å². The third-order valence-corrected chi connectivity index (χ3v) is 6.15. The van der Waals surface area contributed by atoms with E-state index in [1.54, 1.807) is 12.1 Å². The van der Waals surface area contributed by atoms with Gasteiger partial charge in [-0.05, 0) is 48.8 Å². The minimum atomic E-state index is -3.42. The molecule has 1 fully saturated rings. The number of hydrogen-bond acceptors (Lipinski definition) is 3. The lowest BCUT2D eigenvalue weighted by molar-refractivity contribution is 0.212. The SMILES string of the molecule is CC1(C)CCCC(NS(=O)(=O)c2ccc3c(c2)NCC3)C1. The van der Waals surface area contributed by atoms with E-state index in [9.17, 15) is 8.42 Å². The third kappa shape index (κ3) is 3.24. The fourth-order valence-electron chi connectivity index (χ4n) is 3.52. The van der Waals surface area contributed by atoms with Gasteiger partial charge in [0.2, 0.25) is 10.0 Å². The van der Waals surface area contributed by atoms with Crippen molar-refractivity contribution < 1.29 is 8.42 Å². The van der Waals surface area contributed by atoms with Gasteiger partial charge in [-0.25, -0.2) is 13.1 Å². The van der Waals surface area contributed by atoms with Gasteiger partial charge in [-0.1, -0.05) is 26.3 Å². The van der Waals surface area contributed by atoms with Gasteiger partial charge in [-0.2, -0.15) is 0 Å². The topological polar surface area (TPSA) is 58.2 Å². The molecule has 1 heterocycles. The molecule has 0 saturated heterocycles. The second kappa shape index (κ2) is 5.29. The zero-order chi connectivity index (χ0) is 15.1. The second-order valence-corrected chi connectivity index (χ2v) is 8.79. The summed E-state index contributed by atoms with van der Waals surface area (Å²) in [6.07, 6.45) is 5.08. The highest BCUT2D eigenvalue weighted by Crippen LogP contribution is 2.35. The summed E-state index contributed by atoms with van der Waals surface area (Å²) in [5.41, 5.74) is 2.39. The van der Waals surface area contributed by atoms with Crippen LogP contribution in [0.2, 0.25) is 0 Å². The highest BCUT2D eigenvalue weighted by atomic mass is 32.2. The van der Waals surface area contributed by atoms with Crippen molar-refractivity contribution in [3.8, 4) is 0 Å². The summed E-state index contributed by atoms with van der Waals surface area (Å²) < 4.78 is 28.0. The van der Waals surface area contributed by atoms with Crippen LogP contribution in [-0.2, 0) is 16.4 Å². The quantitative estimate of drug-likeness (QED) is 0.902. The number of nitrogens with one attached hydrogen (secondary N) is 2. The molecule has 2 aliphatic rings. The lowest BCUT2D eigenvalue weighted by Crippen LogP contribution is -2.40. The monoisotopic (exact) mass is 308 g/mol. The summed E-state index contributed by atoms with van der Waals surface area (Å²) in [6.45, 7) is 5.32. The molecule has 1 aromatic carbocycles. The van der Waals surface area contributed by atoms with E-state index in [2.05, 4.69) is 23.9 Å². The number of rotatable bonds is 3. The van der Waals surface area contributed by atoms with Crippen LogP contribution in [0.4, 0.5) is 5.69 Å². The fraction of sp³-hybridized carbons (Fsp3) is 0.625. The Hall–Kier alpha value is -1.07. The summed E-state index contributed by atoms with van der Waals surface area (Å²) in [5.74, 6) is 0. The van der Waals surface area contributed by atoms with E-state index < -0.39 is 10.0 Å². The molecule has 5 heteroatoms. The van der Waals surface area contributed by atoms with Crippen molar-refractivity contribution in [2.75, 3.05) is 11.9 Å². The van der Waals surface area contributed by atoms with Gasteiger partial charge in [-0.15, -0.1) is 0 Å². The van der Waals surface area contributed by atoms with Crippen LogP contribution in [0.3, 0.4) is 0 Å². The highest BCUT2D eigenvalue weighted by Gasteiger charge is 2.31. The number of fused-ring (bicyclic) bond motifs is 1. The molecule has 1 aliphatic carbocycles. The molecule has 0 amide bonds. The second-order valence-electron chi connectivity index (χ2n) is 7.07. The molecule has 0 bridgehead atoms. The predicted octanol–water partition coefficient (Wildman–Crippen LogP) is 2.90. The molecule has 1 saturated carbocycles. The molecule has 2 N–H and O–H groups in total. The van der Waals surface area contributed by atoms with Crippen molar-refractivity contribution in [1.29, 1.82) is 0 Å². The zero-order valence-electron chi connectivity index (χ0n) is 12.8. The molecular formula is C16H24N2O2S. The van der Waals surface area contributed by atoms with Crippen molar-refractivity contribution in [2.24, 2.45) is 5.41 Å². The van der Waals surface area contributed by atoms with Crippen LogP contribution in [0.15, 0.2) is 23.1 Å². The molecule has 1 aliphatic heterocycles. The Morgan fingerprint density at radius 2 is 2.14 bits per heavy atom. The Labute approximate surface area is 127 Å². The minimum Gasteiger partial charge on any atom is -0.384 e. The lowest BCUT2D eigenvalue weighted by Gasteiger charge is -2.35. The van der Waals surface area contributed by atoms with Gasteiger partial charge in [0, 0.05) is 18.3 Å². The first-order valence-electron chi connectivity index (χ1n) is 7.75. The van der Waals surface area contributed by atoms with Gasteiger partial charge in [0.1, 0.15) is 0 Å². The van der Waals surface area contributed by atoms with E-state index >= 15 is 0 Å². The lowest BCUT2D eigenvalue weighted by atomic mass is 9.75. The summed E-state index contributed by atoms with van der Waals surface area (Å²) in [4.78, 5) is 0.374. The summed E-state index contributed by atoms with van der Waals surface area (Å²) >= 11 is 0. The molecule has 4 nitrogen and oxygen atoms in total.